The van der Waals surface area contributed by atoms with E-state index in [2.05, 4.69) is 0 Å². The first-order chi connectivity index (χ1) is 8.33. The second-order valence-corrected chi connectivity index (χ2v) is 3.38. The summed E-state index contributed by atoms with van der Waals surface area (Å²) in [5, 5.41) is 0. The summed E-state index contributed by atoms with van der Waals surface area (Å²) in [6.45, 7) is 0.185. The molecule has 0 bridgehead atoms. The first-order valence-electron chi connectivity index (χ1n) is 4.98. The maximum Gasteiger partial charge on any atom is 0.379 e. The number of esters is 1. The topological polar surface area (TPSA) is 57.9 Å². The molecule has 17 heavy (non-hydrogen) atoms. The number of benzene rings is 1. The van der Waals surface area contributed by atoms with E-state index >= 15 is 0 Å². The SMILES string of the molecule is O=C(Oc1ccc2c(c1)OCO2)c1ccco1. The molecule has 0 radical (unpaired) electrons. The van der Waals surface area contributed by atoms with Gasteiger partial charge in [0.1, 0.15) is 5.75 Å². The zero-order chi connectivity index (χ0) is 11.7. The van der Waals surface area contributed by atoms with Gasteiger partial charge in [0.05, 0.1) is 6.26 Å². The third-order valence-corrected chi connectivity index (χ3v) is 2.28. The van der Waals surface area contributed by atoms with Crippen molar-refractivity contribution < 1.29 is 23.4 Å². The van der Waals surface area contributed by atoms with Crippen LogP contribution < -0.4 is 14.2 Å². The van der Waals surface area contributed by atoms with Gasteiger partial charge in [-0.1, -0.05) is 0 Å². The molecular weight excluding hydrogens is 224 g/mol. The molecule has 5 heteroatoms. The molecule has 1 aromatic heterocycles. The van der Waals surface area contributed by atoms with Crippen LogP contribution in [0.3, 0.4) is 0 Å². The lowest BCUT2D eigenvalue weighted by atomic mass is 10.3. The lowest BCUT2D eigenvalue weighted by Crippen LogP contribution is -2.06. The van der Waals surface area contributed by atoms with Crippen LogP contribution in [0.25, 0.3) is 0 Å². The van der Waals surface area contributed by atoms with Crippen molar-refractivity contribution in [1.29, 1.82) is 0 Å². The lowest BCUT2D eigenvalue weighted by Gasteiger charge is -2.03. The van der Waals surface area contributed by atoms with E-state index in [1.165, 1.54) is 12.3 Å². The molecule has 2 heterocycles. The average Bonchev–Trinajstić information content (AvgIpc) is 2.99. The molecule has 0 fully saturated rings. The first-order valence-corrected chi connectivity index (χ1v) is 4.98. The standard InChI is InChI=1S/C12H8O5/c13-12(10-2-1-5-14-10)17-8-3-4-9-11(6-8)16-7-15-9/h1-6H,7H2. The first kappa shape index (κ1) is 9.77. The Bertz CT molecular complexity index is 544. The quantitative estimate of drug-likeness (QED) is 0.587. The normalized spacial score (nSPS) is 12.5. The van der Waals surface area contributed by atoms with Crippen molar-refractivity contribution >= 4 is 5.97 Å². The van der Waals surface area contributed by atoms with Crippen LogP contribution in [0.15, 0.2) is 41.0 Å². The summed E-state index contributed by atoms with van der Waals surface area (Å²) >= 11 is 0. The number of furan rings is 1. The molecule has 0 spiro atoms. The third kappa shape index (κ3) is 1.82. The van der Waals surface area contributed by atoms with Crippen LogP contribution in [0.5, 0.6) is 17.2 Å². The molecule has 86 valence electrons. The highest BCUT2D eigenvalue weighted by Gasteiger charge is 2.16. The van der Waals surface area contributed by atoms with Crippen LogP contribution in [0.2, 0.25) is 0 Å². The van der Waals surface area contributed by atoms with Crippen molar-refractivity contribution in [1.82, 2.24) is 0 Å². The van der Waals surface area contributed by atoms with Gasteiger partial charge in [0.15, 0.2) is 11.5 Å². The van der Waals surface area contributed by atoms with E-state index in [1.54, 1.807) is 24.3 Å². The van der Waals surface area contributed by atoms with E-state index in [4.69, 9.17) is 18.6 Å². The maximum absolute atomic E-state index is 11.6. The Hall–Kier alpha value is -2.43. The Morgan fingerprint density at radius 1 is 1.18 bits per heavy atom. The van der Waals surface area contributed by atoms with Crippen LogP contribution in [-0.2, 0) is 0 Å². The molecule has 1 aromatic carbocycles. The number of hydrogen-bond donors (Lipinski definition) is 0. The van der Waals surface area contributed by atoms with Gasteiger partial charge >= 0.3 is 5.97 Å². The predicted molar refractivity (Wildman–Crippen MR) is 56.2 cm³/mol. The van der Waals surface area contributed by atoms with Gasteiger partial charge in [0.2, 0.25) is 12.6 Å². The predicted octanol–water partition coefficient (Wildman–Crippen LogP) is 2.23. The molecule has 3 rings (SSSR count). The van der Waals surface area contributed by atoms with Gasteiger partial charge in [0.25, 0.3) is 0 Å². The molecule has 0 saturated carbocycles. The molecule has 2 aromatic rings. The molecular formula is C12H8O5. The molecule has 0 amide bonds. The lowest BCUT2D eigenvalue weighted by molar-refractivity contribution is 0.0701. The Kier molecular flexibility index (Phi) is 2.22. The summed E-state index contributed by atoms with van der Waals surface area (Å²) in [4.78, 5) is 11.6. The molecule has 5 nitrogen and oxygen atoms in total. The van der Waals surface area contributed by atoms with Crippen LogP contribution in [0.4, 0.5) is 0 Å². The number of carbonyl (C=O) groups is 1. The summed E-state index contributed by atoms with van der Waals surface area (Å²) in [7, 11) is 0. The van der Waals surface area contributed by atoms with Gasteiger partial charge in [-0.15, -0.1) is 0 Å². The molecule has 1 aliphatic rings. The molecule has 0 unspecified atom stereocenters. The molecule has 1 aliphatic heterocycles. The minimum Gasteiger partial charge on any atom is -0.457 e. The monoisotopic (exact) mass is 232 g/mol. The van der Waals surface area contributed by atoms with E-state index in [9.17, 15) is 4.79 Å². The Balaban J connectivity index is 1.80. The summed E-state index contributed by atoms with van der Waals surface area (Å²) in [6.07, 6.45) is 1.41. The number of hydrogen-bond acceptors (Lipinski definition) is 5. The minimum atomic E-state index is -0.547. The third-order valence-electron chi connectivity index (χ3n) is 2.28. The van der Waals surface area contributed by atoms with Gasteiger partial charge in [0, 0.05) is 6.07 Å². The Morgan fingerprint density at radius 2 is 2.06 bits per heavy atom. The second kappa shape index (κ2) is 3.86. The van der Waals surface area contributed by atoms with Crippen LogP contribution >= 0.6 is 0 Å². The van der Waals surface area contributed by atoms with E-state index in [1.807, 2.05) is 0 Å². The van der Waals surface area contributed by atoms with Crippen molar-refractivity contribution in [2.75, 3.05) is 6.79 Å². The Morgan fingerprint density at radius 3 is 2.88 bits per heavy atom. The van der Waals surface area contributed by atoms with E-state index in [0.29, 0.717) is 17.2 Å². The van der Waals surface area contributed by atoms with Crippen LogP contribution in [-0.4, -0.2) is 12.8 Å². The van der Waals surface area contributed by atoms with Gasteiger partial charge in [-0.25, -0.2) is 4.79 Å². The summed E-state index contributed by atoms with van der Waals surface area (Å²) in [5.74, 6) is 1.20. The summed E-state index contributed by atoms with van der Waals surface area (Å²) in [6, 6.07) is 8.08. The number of carbonyl (C=O) groups excluding carboxylic acids is 1. The van der Waals surface area contributed by atoms with E-state index < -0.39 is 5.97 Å². The minimum absolute atomic E-state index is 0.155. The van der Waals surface area contributed by atoms with Crippen LogP contribution in [0, 0.1) is 0 Å². The number of rotatable bonds is 2. The van der Waals surface area contributed by atoms with Crippen molar-refractivity contribution in [3.63, 3.8) is 0 Å². The van der Waals surface area contributed by atoms with Crippen molar-refractivity contribution in [3.8, 4) is 17.2 Å². The second-order valence-electron chi connectivity index (χ2n) is 3.38. The summed E-state index contributed by atoms with van der Waals surface area (Å²) < 4.78 is 20.4. The number of fused-ring (bicyclic) bond motifs is 1. The molecule has 0 aliphatic carbocycles. The number of ether oxygens (including phenoxy) is 3. The van der Waals surface area contributed by atoms with Gasteiger partial charge in [-0.3, -0.25) is 0 Å². The van der Waals surface area contributed by atoms with Crippen molar-refractivity contribution in [2.45, 2.75) is 0 Å². The smallest absolute Gasteiger partial charge is 0.379 e. The van der Waals surface area contributed by atoms with E-state index in [-0.39, 0.29) is 12.6 Å². The van der Waals surface area contributed by atoms with Gasteiger partial charge < -0.3 is 18.6 Å². The maximum atomic E-state index is 11.6. The molecule has 0 saturated heterocycles. The fourth-order valence-electron chi connectivity index (χ4n) is 1.49. The Labute approximate surface area is 96.5 Å². The zero-order valence-electron chi connectivity index (χ0n) is 8.71. The van der Waals surface area contributed by atoms with Crippen molar-refractivity contribution in [3.05, 3.63) is 42.4 Å². The largest absolute Gasteiger partial charge is 0.457 e. The van der Waals surface area contributed by atoms with Crippen molar-refractivity contribution in [2.24, 2.45) is 0 Å². The van der Waals surface area contributed by atoms with Crippen LogP contribution in [0.1, 0.15) is 10.6 Å². The fourth-order valence-corrected chi connectivity index (χ4v) is 1.49. The van der Waals surface area contributed by atoms with E-state index in [0.717, 1.165) is 0 Å². The van der Waals surface area contributed by atoms with Gasteiger partial charge in [-0.05, 0) is 24.3 Å². The average molecular weight is 232 g/mol. The zero-order valence-corrected chi connectivity index (χ0v) is 8.71. The molecule has 0 N–H and O–H groups in total. The fraction of sp³-hybridized carbons (Fsp3) is 0.0833. The summed E-state index contributed by atoms with van der Waals surface area (Å²) in [5.41, 5.74) is 0. The highest BCUT2D eigenvalue weighted by Crippen LogP contribution is 2.35. The molecule has 0 atom stereocenters. The highest BCUT2D eigenvalue weighted by atomic mass is 16.7. The van der Waals surface area contributed by atoms with Gasteiger partial charge in [-0.2, -0.15) is 0 Å². The highest BCUT2D eigenvalue weighted by molar-refractivity contribution is 5.88.